The van der Waals surface area contributed by atoms with E-state index in [4.69, 9.17) is 0 Å². The Morgan fingerprint density at radius 1 is 1.11 bits per heavy atom. The molecule has 1 aromatic heterocycles. The number of aromatic nitrogens is 2. The second-order valence-corrected chi connectivity index (χ2v) is 7.39. The van der Waals surface area contributed by atoms with Crippen molar-refractivity contribution in [2.45, 2.75) is 34.1 Å². The van der Waals surface area contributed by atoms with Crippen molar-refractivity contribution in [1.29, 1.82) is 0 Å². The molecular weight excluding hydrogens is 343 g/mol. The zero-order valence-corrected chi connectivity index (χ0v) is 16.5. The number of anilines is 1. The fourth-order valence-corrected chi connectivity index (χ4v) is 3.52. The van der Waals surface area contributed by atoms with Gasteiger partial charge in [0.1, 0.15) is 17.5 Å². The van der Waals surface area contributed by atoms with Gasteiger partial charge in [0.2, 0.25) is 5.91 Å². The summed E-state index contributed by atoms with van der Waals surface area (Å²) in [5.41, 5.74) is 2.47. The average Bonchev–Trinajstić information content (AvgIpc) is 2.64. The molecule has 2 heterocycles. The van der Waals surface area contributed by atoms with Crippen LogP contribution in [0.5, 0.6) is 0 Å². The van der Waals surface area contributed by atoms with Gasteiger partial charge in [-0.3, -0.25) is 4.79 Å². The molecule has 1 saturated heterocycles. The number of halogens is 1. The summed E-state index contributed by atoms with van der Waals surface area (Å²) in [7, 11) is 0. The SMILES string of the molecule is Cc1nc(C)c(Cc2ccccc2F)c(N2CCN(C(=O)C(C)C)CC2)n1. The summed E-state index contributed by atoms with van der Waals surface area (Å²) < 4.78 is 14.2. The Kier molecular flexibility index (Phi) is 5.73. The van der Waals surface area contributed by atoms with Crippen LogP contribution >= 0.6 is 0 Å². The normalized spacial score (nSPS) is 14.7. The topological polar surface area (TPSA) is 49.3 Å². The molecule has 0 aliphatic carbocycles. The van der Waals surface area contributed by atoms with Gasteiger partial charge in [-0.05, 0) is 25.5 Å². The Bertz CT molecular complexity index is 829. The predicted molar refractivity (Wildman–Crippen MR) is 104 cm³/mol. The van der Waals surface area contributed by atoms with E-state index in [0.717, 1.165) is 30.2 Å². The first-order valence-electron chi connectivity index (χ1n) is 9.48. The van der Waals surface area contributed by atoms with Crippen LogP contribution in [0.25, 0.3) is 0 Å². The molecule has 0 spiro atoms. The van der Waals surface area contributed by atoms with Gasteiger partial charge in [-0.1, -0.05) is 32.0 Å². The maximum absolute atomic E-state index is 14.2. The number of rotatable bonds is 4. The number of hydrogen-bond donors (Lipinski definition) is 0. The van der Waals surface area contributed by atoms with Gasteiger partial charge in [0.25, 0.3) is 0 Å². The van der Waals surface area contributed by atoms with Crippen molar-refractivity contribution in [3.63, 3.8) is 0 Å². The third-order valence-electron chi connectivity index (χ3n) is 5.01. The summed E-state index contributed by atoms with van der Waals surface area (Å²) in [5, 5.41) is 0. The van der Waals surface area contributed by atoms with E-state index in [-0.39, 0.29) is 17.6 Å². The van der Waals surface area contributed by atoms with Crippen molar-refractivity contribution < 1.29 is 9.18 Å². The first kappa shape index (κ1) is 19.3. The molecule has 0 bridgehead atoms. The van der Waals surface area contributed by atoms with Crippen LogP contribution in [0.3, 0.4) is 0 Å². The van der Waals surface area contributed by atoms with E-state index in [1.54, 1.807) is 12.1 Å². The molecule has 27 heavy (non-hydrogen) atoms. The summed E-state index contributed by atoms with van der Waals surface area (Å²) in [4.78, 5) is 25.5. The quantitative estimate of drug-likeness (QED) is 0.830. The number of carbonyl (C=O) groups is 1. The zero-order chi connectivity index (χ0) is 19.6. The van der Waals surface area contributed by atoms with Crippen molar-refractivity contribution in [2.75, 3.05) is 31.1 Å². The Morgan fingerprint density at radius 2 is 1.78 bits per heavy atom. The van der Waals surface area contributed by atoms with Crippen molar-refractivity contribution in [1.82, 2.24) is 14.9 Å². The van der Waals surface area contributed by atoms with Crippen LogP contribution in [0.15, 0.2) is 24.3 Å². The van der Waals surface area contributed by atoms with Gasteiger partial charge in [0, 0.05) is 49.8 Å². The largest absolute Gasteiger partial charge is 0.353 e. The predicted octanol–water partition coefficient (Wildman–Crippen LogP) is 3.13. The molecule has 0 radical (unpaired) electrons. The van der Waals surface area contributed by atoms with Gasteiger partial charge in [-0.15, -0.1) is 0 Å². The number of piperazine rings is 1. The van der Waals surface area contributed by atoms with Gasteiger partial charge < -0.3 is 9.80 Å². The summed E-state index contributed by atoms with van der Waals surface area (Å²) in [5.74, 6) is 1.56. The highest BCUT2D eigenvalue weighted by molar-refractivity contribution is 5.78. The van der Waals surface area contributed by atoms with Crippen LogP contribution in [0.4, 0.5) is 10.2 Å². The van der Waals surface area contributed by atoms with E-state index in [1.807, 2.05) is 38.7 Å². The van der Waals surface area contributed by atoms with Crippen LogP contribution < -0.4 is 4.90 Å². The molecule has 0 atom stereocenters. The fourth-order valence-electron chi connectivity index (χ4n) is 3.52. The molecule has 1 amide bonds. The van der Waals surface area contributed by atoms with Crippen molar-refractivity contribution in [3.05, 3.63) is 52.7 Å². The van der Waals surface area contributed by atoms with Gasteiger partial charge in [-0.25, -0.2) is 14.4 Å². The van der Waals surface area contributed by atoms with E-state index < -0.39 is 0 Å². The number of carbonyl (C=O) groups excluding carboxylic acids is 1. The Labute approximate surface area is 160 Å². The summed E-state index contributed by atoms with van der Waals surface area (Å²) in [6.45, 7) is 10.5. The van der Waals surface area contributed by atoms with Gasteiger partial charge in [0.15, 0.2) is 0 Å². The number of amides is 1. The minimum Gasteiger partial charge on any atom is -0.353 e. The molecule has 5 nitrogen and oxygen atoms in total. The van der Waals surface area contributed by atoms with Gasteiger partial charge >= 0.3 is 0 Å². The maximum Gasteiger partial charge on any atom is 0.225 e. The lowest BCUT2D eigenvalue weighted by Gasteiger charge is -2.37. The van der Waals surface area contributed by atoms with E-state index in [0.29, 0.717) is 30.9 Å². The molecule has 1 aromatic carbocycles. The molecule has 1 aliphatic rings. The number of benzene rings is 1. The minimum absolute atomic E-state index is 0.0108. The zero-order valence-electron chi connectivity index (χ0n) is 16.5. The monoisotopic (exact) mass is 370 g/mol. The Balaban J connectivity index is 1.86. The second-order valence-electron chi connectivity index (χ2n) is 7.39. The molecule has 1 aliphatic heterocycles. The summed E-state index contributed by atoms with van der Waals surface area (Å²) in [6.07, 6.45) is 0.458. The lowest BCUT2D eigenvalue weighted by atomic mass is 10.0. The van der Waals surface area contributed by atoms with E-state index in [9.17, 15) is 9.18 Å². The molecule has 2 aromatic rings. The van der Waals surface area contributed by atoms with E-state index in [1.165, 1.54) is 6.07 Å². The molecule has 0 N–H and O–H groups in total. The molecule has 1 fully saturated rings. The fraction of sp³-hybridized carbons (Fsp3) is 0.476. The van der Waals surface area contributed by atoms with Crippen molar-refractivity contribution in [3.8, 4) is 0 Å². The van der Waals surface area contributed by atoms with Crippen LogP contribution in [0, 0.1) is 25.6 Å². The molecule has 144 valence electrons. The Morgan fingerprint density at radius 3 is 2.41 bits per heavy atom. The average molecular weight is 370 g/mol. The third-order valence-corrected chi connectivity index (χ3v) is 5.01. The molecule has 0 saturated carbocycles. The van der Waals surface area contributed by atoms with E-state index >= 15 is 0 Å². The number of aryl methyl sites for hydroxylation is 2. The lowest BCUT2D eigenvalue weighted by Crippen LogP contribution is -2.50. The van der Waals surface area contributed by atoms with Gasteiger partial charge in [0.05, 0.1) is 0 Å². The van der Waals surface area contributed by atoms with Crippen LogP contribution in [0.2, 0.25) is 0 Å². The van der Waals surface area contributed by atoms with Crippen molar-refractivity contribution >= 4 is 11.7 Å². The maximum atomic E-state index is 14.2. The third kappa shape index (κ3) is 4.26. The Hall–Kier alpha value is -2.50. The molecule has 6 heteroatoms. The molecule has 0 unspecified atom stereocenters. The highest BCUT2D eigenvalue weighted by Gasteiger charge is 2.26. The molecular formula is C21H27FN4O. The summed E-state index contributed by atoms with van der Waals surface area (Å²) in [6, 6.07) is 6.83. The van der Waals surface area contributed by atoms with Crippen LogP contribution in [-0.2, 0) is 11.2 Å². The van der Waals surface area contributed by atoms with Crippen molar-refractivity contribution in [2.24, 2.45) is 5.92 Å². The standard InChI is InChI=1S/C21H27FN4O/c1-14(2)21(27)26-11-9-25(10-12-26)20-18(15(3)23-16(4)24-20)13-17-7-5-6-8-19(17)22/h5-8,14H,9-13H2,1-4H3. The molecule has 3 rings (SSSR count). The second kappa shape index (κ2) is 8.03. The first-order valence-corrected chi connectivity index (χ1v) is 9.48. The van der Waals surface area contributed by atoms with E-state index in [2.05, 4.69) is 14.9 Å². The summed E-state index contributed by atoms with van der Waals surface area (Å²) >= 11 is 0. The highest BCUT2D eigenvalue weighted by atomic mass is 19.1. The number of hydrogen-bond acceptors (Lipinski definition) is 4. The van der Waals surface area contributed by atoms with Crippen LogP contribution in [-0.4, -0.2) is 47.0 Å². The van der Waals surface area contributed by atoms with Gasteiger partial charge in [-0.2, -0.15) is 0 Å². The number of nitrogens with zero attached hydrogens (tertiary/aromatic N) is 4. The lowest BCUT2D eigenvalue weighted by molar-refractivity contribution is -0.134. The highest BCUT2D eigenvalue weighted by Crippen LogP contribution is 2.26. The van der Waals surface area contributed by atoms with Crippen LogP contribution in [0.1, 0.15) is 36.5 Å². The minimum atomic E-state index is -0.212. The smallest absolute Gasteiger partial charge is 0.225 e. The first-order chi connectivity index (χ1) is 12.9.